The van der Waals surface area contributed by atoms with Crippen molar-refractivity contribution in [2.24, 2.45) is 11.7 Å². The smallest absolute Gasteiger partial charge is 0.273 e. The molecule has 0 radical (unpaired) electrons. The quantitative estimate of drug-likeness (QED) is 0.819. The summed E-state index contributed by atoms with van der Waals surface area (Å²) in [6.45, 7) is 6.94. The van der Waals surface area contributed by atoms with Crippen molar-refractivity contribution in [3.63, 3.8) is 0 Å². The van der Waals surface area contributed by atoms with Crippen LogP contribution >= 0.6 is 11.3 Å². The van der Waals surface area contributed by atoms with Gasteiger partial charge >= 0.3 is 0 Å². The van der Waals surface area contributed by atoms with Crippen LogP contribution in [0.1, 0.15) is 29.3 Å². The molecule has 1 amide bonds. The van der Waals surface area contributed by atoms with E-state index in [-0.39, 0.29) is 5.91 Å². The summed E-state index contributed by atoms with van der Waals surface area (Å²) < 4.78 is 0. The van der Waals surface area contributed by atoms with Crippen LogP contribution in [-0.2, 0) is 6.54 Å². The van der Waals surface area contributed by atoms with E-state index in [9.17, 15) is 4.79 Å². The van der Waals surface area contributed by atoms with E-state index in [4.69, 9.17) is 5.73 Å². The minimum absolute atomic E-state index is 0.00602. The van der Waals surface area contributed by atoms with Crippen LogP contribution in [0.2, 0.25) is 0 Å². The first-order chi connectivity index (χ1) is 8.93. The molecule has 19 heavy (non-hydrogen) atoms. The average molecular weight is 284 g/mol. The fourth-order valence-corrected chi connectivity index (χ4v) is 2.35. The normalized spacial score (nSPS) is 11.3. The Morgan fingerprint density at radius 3 is 2.58 bits per heavy atom. The maximum atomic E-state index is 12.4. The number of rotatable bonds is 7. The highest BCUT2D eigenvalue weighted by Gasteiger charge is 2.19. The molecule has 1 rings (SSSR count). The molecule has 108 valence electrons. The highest BCUT2D eigenvalue weighted by atomic mass is 32.1. The molecule has 0 aliphatic rings. The molecule has 0 bridgehead atoms. The van der Waals surface area contributed by atoms with E-state index < -0.39 is 0 Å². The zero-order valence-electron chi connectivity index (χ0n) is 12.2. The molecule has 5 nitrogen and oxygen atoms in total. The summed E-state index contributed by atoms with van der Waals surface area (Å²) in [5, 5.41) is 2.61. The van der Waals surface area contributed by atoms with Crippen LogP contribution in [0.4, 0.5) is 0 Å². The Morgan fingerprint density at radius 1 is 1.42 bits per heavy atom. The second-order valence-corrected chi connectivity index (χ2v) is 6.22. The van der Waals surface area contributed by atoms with Crippen LogP contribution in [0.15, 0.2) is 5.38 Å². The van der Waals surface area contributed by atoms with Gasteiger partial charge in [0, 0.05) is 31.6 Å². The zero-order chi connectivity index (χ0) is 14.4. The molecule has 1 heterocycles. The van der Waals surface area contributed by atoms with Gasteiger partial charge in [-0.25, -0.2) is 4.98 Å². The molecule has 0 fully saturated rings. The van der Waals surface area contributed by atoms with Crippen molar-refractivity contribution in [1.29, 1.82) is 0 Å². The number of thiazole rings is 1. The lowest BCUT2D eigenvalue weighted by Crippen LogP contribution is -2.39. The van der Waals surface area contributed by atoms with Crippen LogP contribution < -0.4 is 5.73 Å². The van der Waals surface area contributed by atoms with E-state index in [0.29, 0.717) is 18.2 Å². The van der Waals surface area contributed by atoms with E-state index >= 15 is 0 Å². The van der Waals surface area contributed by atoms with Gasteiger partial charge in [-0.1, -0.05) is 13.8 Å². The van der Waals surface area contributed by atoms with Crippen molar-refractivity contribution < 1.29 is 4.79 Å². The van der Waals surface area contributed by atoms with Gasteiger partial charge in [0.05, 0.1) is 0 Å². The van der Waals surface area contributed by atoms with E-state index in [2.05, 4.69) is 23.7 Å². The molecule has 0 aromatic carbocycles. The number of carbonyl (C=O) groups excluding carboxylic acids is 1. The van der Waals surface area contributed by atoms with E-state index in [1.807, 2.05) is 19.0 Å². The third kappa shape index (κ3) is 5.26. The zero-order valence-corrected chi connectivity index (χ0v) is 13.0. The first kappa shape index (κ1) is 16.1. The van der Waals surface area contributed by atoms with Crippen LogP contribution in [0.3, 0.4) is 0 Å². The SMILES string of the molecule is CC(C)CN(CCN(C)C)C(=O)c1csc(CN)n1. The van der Waals surface area contributed by atoms with Gasteiger partial charge in [0.25, 0.3) is 5.91 Å². The maximum absolute atomic E-state index is 12.4. The van der Waals surface area contributed by atoms with Crippen molar-refractivity contribution in [2.45, 2.75) is 20.4 Å². The molecule has 0 saturated carbocycles. The van der Waals surface area contributed by atoms with Crippen LogP contribution in [-0.4, -0.2) is 54.4 Å². The Kier molecular flexibility index (Phi) is 6.41. The molecule has 0 aliphatic heterocycles. The molecule has 0 aliphatic carbocycles. The van der Waals surface area contributed by atoms with E-state index in [0.717, 1.165) is 24.6 Å². The summed E-state index contributed by atoms with van der Waals surface area (Å²) in [6.07, 6.45) is 0. The van der Waals surface area contributed by atoms with Crippen molar-refractivity contribution in [1.82, 2.24) is 14.8 Å². The van der Waals surface area contributed by atoms with Gasteiger partial charge in [-0.05, 0) is 20.0 Å². The molecule has 0 saturated heterocycles. The highest BCUT2D eigenvalue weighted by molar-refractivity contribution is 7.09. The predicted octanol–water partition coefficient (Wildman–Crippen LogP) is 1.26. The number of aromatic nitrogens is 1. The third-order valence-electron chi connectivity index (χ3n) is 2.64. The van der Waals surface area contributed by atoms with Gasteiger partial charge in [-0.15, -0.1) is 11.3 Å². The van der Waals surface area contributed by atoms with Crippen LogP contribution in [0.5, 0.6) is 0 Å². The summed E-state index contributed by atoms with van der Waals surface area (Å²) in [5.74, 6) is 0.449. The average Bonchev–Trinajstić information content (AvgIpc) is 2.81. The van der Waals surface area contributed by atoms with Gasteiger partial charge < -0.3 is 15.5 Å². The number of nitrogens with zero attached hydrogens (tertiary/aromatic N) is 3. The standard InChI is InChI=1S/C13H24N4OS/c1-10(2)8-17(6-5-16(3)4)13(18)11-9-19-12(7-14)15-11/h9-10H,5-8,14H2,1-4H3. The van der Waals surface area contributed by atoms with E-state index in [1.54, 1.807) is 5.38 Å². The molecule has 1 aromatic rings. The number of carbonyl (C=O) groups is 1. The first-order valence-corrected chi connectivity index (χ1v) is 7.40. The molecule has 0 atom stereocenters. The summed E-state index contributed by atoms with van der Waals surface area (Å²) in [7, 11) is 4.01. The fourth-order valence-electron chi connectivity index (χ4n) is 1.70. The largest absolute Gasteiger partial charge is 0.336 e. The lowest BCUT2D eigenvalue weighted by atomic mass is 10.2. The lowest BCUT2D eigenvalue weighted by molar-refractivity contribution is 0.0719. The number of nitrogens with two attached hydrogens (primary N) is 1. The summed E-state index contributed by atoms with van der Waals surface area (Å²) in [6, 6.07) is 0. The number of hydrogen-bond donors (Lipinski definition) is 1. The minimum atomic E-state index is 0.00602. The molecule has 0 spiro atoms. The second-order valence-electron chi connectivity index (χ2n) is 5.28. The van der Waals surface area contributed by atoms with Gasteiger partial charge in [0.2, 0.25) is 0 Å². The number of hydrogen-bond acceptors (Lipinski definition) is 5. The van der Waals surface area contributed by atoms with Crippen LogP contribution in [0, 0.1) is 5.92 Å². The van der Waals surface area contributed by atoms with Gasteiger partial charge in [-0.3, -0.25) is 4.79 Å². The van der Waals surface area contributed by atoms with Crippen molar-refractivity contribution in [2.75, 3.05) is 33.7 Å². The van der Waals surface area contributed by atoms with E-state index in [1.165, 1.54) is 11.3 Å². The Morgan fingerprint density at radius 2 is 2.11 bits per heavy atom. The molecule has 2 N–H and O–H groups in total. The Bertz CT molecular complexity index is 403. The third-order valence-corrected chi connectivity index (χ3v) is 3.51. The minimum Gasteiger partial charge on any atom is -0.336 e. The summed E-state index contributed by atoms with van der Waals surface area (Å²) in [5.41, 5.74) is 6.05. The first-order valence-electron chi connectivity index (χ1n) is 6.52. The Hall–Kier alpha value is -0.980. The van der Waals surface area contributed by atoms with Gasteiger partial charge in [-0.2, -0.15) is 0 Å². The van der Waals surface area contributed by atoms with Gasteiger partial charge in [0.15, 0.2) is 0 Å². The summed E-state index contributed by atoms with van der Waals surface area (Å²) in [4.78, 5) is 20.7. The van der Waals surface area contributed by atoms with Crippen molar-refractivity contribution in [3.8, 4) is 0 Å². The fraction of sp³-hybridized carbons (Fsp3) is 0.692. The monoisotopic (exact) mass is 284 g/mol. The van der Waals surface area contributed by atoms with Crippen molar-refractivity contribution >= 4 is 17.2 Å². The maximum Gasteiger partial charge on any atom is 0.273 e. The van der Waals surface area contributed by atoms with Crippen LogP contribution in [0.25, 0.3) is 0 Å². The molecule has 0 unspecified atom stereocenters. The highest BCUT2D eigenvalue weighted by Crippen LogP contribution is 2.12. The van der Waals surface area contributed by atoms with Crippen molar-refractivity contribution in [3.05, 3.63) is 16.1 Å². The Balaban J connectivity index is 2.74. The molecular formula is C13H24N4OS. The summed E-state index contributed by atoms with van der Waals surface area (Å²) >= 11 is 1.44. The second kappa shape index (κ2) is 7.57. The lowest BCUT2D eigenvalue weighted by Gasteiger charge is -2.25. The molecule has 6 heteroatoms. The Labute approximate surface area is 119 Å². The predicted molar refractivity (Wildman–Crippen MR) is 79.3 cm³/mol. The van der Waals surface area contributed by atoms with Gasteiger partial charge in [0.1, 0.15) is 10.7 Å². The topological polar surface area (TPSA) is 62.5 Å². The molecule has 1 aromatic heterocycles. The molecular weight excluding hydrogens is 260 g/mol. The number of likely N-dealkylation sites (N-methyl/N-ethyl adjacent to an activating group) is 1. The number of amides is 1.